The number of benzene rings is 1. The van der Waals surface area contributed by atoms with Gasteiger partial charge >= 0.3 is 5.69 Å². The van der Waals surface area contributed by atoms with Crippen molar-refractivity contribution in [3.8, 4) is 5.75 Å². The predicted octanol–water partition coefficient (Wildman–Crippen LogP) is 2.47. The Hall–Kier alpha value is -1.49. The minimum Gasteiger partial charge on any atom is -0.502 e. The van der Waals surface area contributed by atoms with Crippen molar-refractivity contribution in [2.45, 2.75) is 19.3 Å². The lowest BCUT2D eigenvalue weighted by molar-refractivity contribution is -0.385. The average Bonchev–Trinajstić information content (AvgIpc) is 2.40. The van der Waals surface area contributed by atoms with E-state index in [2.05, 4.69) is 5.32 Å². The third-order valence-corrected chi connectivity index (χ3v) is 2.59. The summed E-state index contributed by atoms with van der Waals surface area (Å²) >= 11 is 0. The van der Waals surface area contributed by atoms with Gasteiger partial charge in [-0.15, -0.1) is 12.4 Å². The van der Waals surface area contributed by atoms with Gasteiger partial charge in [0.25, 0.3) is 0 Å². The average molecular weight is 245 g/mol. The molecule has 0 aromatic heterocycles. The summed E-state index contributed by atoms with van der Waals surface area (Å²) in [5, 5.41) is 23.2. The Balaban J connectivity index is 0.00000128. The Labute approximate surface area is 99.0 Å². The second-order valence-electron chi connectivity index (χ2n) is 3.64. The van der Waals surface area contributed by atoms with Gasteiger partial charge in [-0.25, -0.2) is 0 Å². The van der Waals surface area contributed by atoms with Crippen molar-refractivity contribution in [2.75, 3.05) is 11.9 Å². The van der Waals surface area contributed by atoms with E-state index in [1.54, 1.807) is 0 Å². The van der Waals surface area contributed by atoms with Crippen LogP contribution in [0.5, 0.6) is 5.75 Å². The number of hydrogen-bond donors (Lipinski definition) is 2. The Morgan fingerprint density at radius 3 is 2.81 bits per heavy atom. The summed E-state index contributed by atoms with van der Waals surface area (Å²) in [7, 11) is 0. The topological polar surface area (TPSA) is 75.4 Å². The second-order valence-corrected chi connectivity index (χ2v) is 3.64. The summed E-state index contributed by atoms with van der Waals surface area (Å²) < 4.78 is 0. The number of nitrogens with zero attached hydrogens (tertiary/aromatic N) is 1. The molecule has 16 heavy (non-hydrogen) atoms. The van der Waals surface area contributed by atoms with Gasteiger partial charge < -0.3 is 10.4 Å². The van der Waals surface area contributed by atoms with Crippen molar-refractivity contribution in [3.63, 3.8) is 0 Å². The first-order valence-electron chi connectivity index (χ1n) is 4.92. The van der Waals surface area contributed by atoms with Crippen molar-refractivity contribution in [3.05, 3.63) is 27.8 Å². The number of hydrogen-bond acceptors (Lipinski definition) is 4. The Morgan fingerprint density at radius 2 is 2.12 bits per heavy atom. The summed E-state index contributed by atoms with van der Waals surface area (Å²) in [6.07, 6.45) is 2.94. The van der Waals surface area contributed by atoms with Crippen LogP contribution in [0.3, 0.4) is 0 Å². The molecule has 1 aromatic carbocycles. The molecule has 2 rings (SSSR count). The van der Waals surface area contributed by atoms with Crippen molar-refractivity contribution < 1.29 is 10.0 Å². The molecule has 1 heterocycles. The molecule has 88 valence electrons. The molecule has 1 aromatic rings. The highest BCUT2D eigenvalue weighted by Gasteiger charge is 2.18. The maximum Gasteiger partial charge on any atom is 0.312 e. The van der Waals surface area contributed by atoms with Gasteiger partial charge in [0.15, 0.2) is 5.75 Å². The third kappa shape index (κ3) is 2.36. The molecule has 0 atom stereocenters. The smallest absolute Gasteiger partial charge is 0.312 e. The highest BCUT2D eigenvalue weighted by Crippen LogP contribution is 2.33. The molecule has 0 radical (unpaired) electrons. The molecule has 0 spiro atoms. The zero-order chi connectivity index (χ0) is 10.8. The summed E-state index contributed by atoms with van der Waals surface area (Å²) in [4.78, 5) is 10.0. The van der Waals surface area contributed by atoms with Crippen LogP contribution < -0.4 is 5.32 Å². The molecule has 0 amide bonds. The van der Waals surface area contributed by atoms with Crippen molar-refractivity contribution in [1.29, 1.82) is 0 Å². The fraction of sp³-hybridized carbons (Fsp3) is 0.400. The highest BCUT2D eigenvalue weighted by molar-refractivity contribution is 5.85. The number of halogens is 1. The number of aromatic hydroxyl groups is 1. The Bertz CT molecular complexity index is 409. The lowest BCUT2D eigenvalue weighted by Gasteiger charge is -2.07. The monoisotopic (exact) mass is 244 g/mol. The summed E-state index contributed by atoms with van der Waals surface area (Å²) in [5.41, 5.74) is 1.50. The van der Waals surface area contributed by atoms with Crippen LogP contribution in [-0.2, 0) is 6.42 Å². The number of anilines is 1. The zero-order valence-electron chi connectivity index (χ0n) is 8.60. The molecule has 1 aliphatic rings. The number of phenolic OH excluding ortho intramolecular Hbond substituents is 1. The Kier molecular flexibility index (Phi) is 3.95. The second kappa shape index (κ2) is 5.03. The van der Waals surface area contributed by atoms with Gasteiger partial charge in [0.2, 0.25) is 0 Å². The number of nitro groups is 1. The molecule has 0 saturated heterocycles. The standard InChI is InChI=1S/C10H12N2O3.ClH/c13-10-5-7-3-1-2-4-11-8(7)6-9(10)12(14)15;/h5-6,11,13H,1-4H2;1H. The number of fused-ring (bicyclic) bond motifs is 1. The van der Waals surface area contributed by atoms with Crippen LogP contribution in [0.25, 0.3) is 0 Å². The molecular formula is C10H13ClN2O3. The van der Waals surface area contributed by atoms with Crippen LogP contribution in [0.1, 0.15) is 18.4 Å². The third-order valence-electron chi connectivity index (χ3n) is 2.59. The van der Waals surface area contributed by atoms with E-state index in [4.69, 9.17) is 0 Å². The van der Waals surface area contributed by atoms with Crippen LogP contribution in [0.4, 0.5) is 11.4 Å². The normalized spacial score (nSPS) is 14.0. The van der Waals surface area contributed by atoms with Crippen molar-refractivity contribution in [2.24, 2.45) is 0 Å². The summed E-state index contributed by atoms with van der Waals surface area (Å²) in [6, 6.07) is 2.90. The van der Waals surface area contributed by atoms with Gasteiger partial charge in [0, 0.05) is 18.3 Å². The van der Waals surface area contributed by atoms with E-state index < -0.39 is 4.92 Å². The number of rotatable bonds is 1. The van der Waals surface area contributed by atoms with Crippen molar-refractivity contribution in [1.82, 2.24) is 0 Å². The first-order valence-corrected chi connectivity index (χ1v) is 4.92. The maximum absolute atomic E-state index is 10.6. The molecule has 2 N–H and O–H groups in total. The SMILES string of the molecule is Cl.O=[N+]([O-])c1cc2c(cc1O)CCCCN2. The quantitative estimate of drug-likeness (QED) is 0.452. The van der Waals surface area contributed by atoms with E-state index in [0.717, 1.165) is 37.1 Å². The molecule has 0 bridgehead atoms. The van der Waals surface area contributed by atoms with Crippen LogP contribution in [-0.4, -0.2) is 16.6 Å². The minimum atomic E-state index is -0.567. The maximum atomic E-state index is 10.6. The van der Waals surface area contributed by atoms with Gasteiger partial charge in [0.05, 0.1) is 4.92 Å². The summed E-state index contributed by atoms with van der Waals surface area (Å²) in [5.74, 6) is -0.248. The number of nitro benzene ring substituents is 1. The number of phenols is 1. The van der Waals surface area contributed by atoms with Crippen molar-refractivity contribution >= 4 is 23.8 Å². The van der Waals surface area contributed by atoms with Crippen LogP contribution in [0, 0.1) is 10.1 Å². The fourth-order valence-corrected chi connectivity index (χ4v) is 1.80. The van der Waals surface area contributed by atoms with Gasteiger partial charge in [0.1, 0.15) is 0 Å². The minimum absolute atomic E-state index is 0. The van der Waals surface area contributed by atoms with Gasteiger partial charge in [-0.3, -0.25) is 10.1 Å². The zero-order valence-corrected chi connectivity index (χ0v) is 9.42. The molecule has 5 nitrogen and oxygen atoms in total. The van der Waals surface area contributed by atoms with Gasteiger partial charge in [-0.1, -0.05) is 0 Å². The number of nitrogens with one attached hydrogen (secondary N) is 1. The summed E-state index contributed by atoms with van der Waals surface area (Å²) in [6.45, 7) is 0.828. The number of aryl methyl sites for hydroxylation is 1. The lowest BCUT2D eigenvalue weighted by atomic mass is 10.1. The molecule has 0 unspecified atom stereocenters. The van der Waals surface area contributed by atoms with E-state index >= 15 is 0 Å². The predicted molar refractivity (Wildman–Crippen MR) is 63.4 cm³/mol. The van der Waals surface area contributed by atoms with E-state index in [9.17, 15) is 15.2 Å². The Morgan fingerprint density at radius 1 is 1.38 bits per heavy atom. The van der Waals surface area contributed by atoms with Gasteiger partial charge in [-0.05, 0) is 30.9 Å². The molecule has 0 fully saturated rings. The molecule has 1 aliphatic heterocycles. The van der Waals surface area contributed by atoms with Crippen LogP contribution in [0.15, 0.2) is 12.1 Å². The van der Waals surface area contributed by atoms with Crippen LogP contribution >= 0.6 is 12.4 Å². The van der Waals surface area contributed by atoms with E-state index in [1.165, 1.54) is 12.1 Å². The largest absolute Gasteiger partial charge is 0.502 e. The molecule has 0 aliphatic carbocycles. The highest BCUT2D eigenvalue weighted by atomic mass is 35.5. The lowest BCUT2D eigenvalue weighted by Crippen LogP contribution is -2.00. The first kappa shape index (κ1) is 12.6. The molecule has 0 saturated carbocycles. The van der Waals surface area contributed by atoms with E-state index in [0.29, 0.717) is 0 Å². The van der Waals surface area contributed by atoms with E-state index in [-0.39, 0.29) is 23.8 Å². The molecular weight excluding hydrogens is 232 g/mol. The van der Waals surface area contributed by atoms with E-state index in [1.807, 2.05) is 0 Å². The van der Waals surface area contributed by atoms with Gasteiger partial charge in [-0.2, -0.15) is 0 Å². The first-order chi connectivity index (χ1) is 7.18. The fourth-order valence-electron chi connectivity index (χ4n) is 1.80. The molecule has 6 heteroatoms. The van der Waals surface area contributed by atoms with Crippen LogP contribution in [0.2, 0.25) is 0 Å².